The maximum absolute atomic E-state index is 13.0. The smallest absolute Gasteiger partial charge is 0.229 e. The van der Waals surface area contributed by atoms with Gasteiger partial charge < -0.3 is 4.90 Å². The van der Waals surface area contributed by atoms with Gasteiger partial charge in [0.25, 0.3) is 0 Å². The van der Waals surface area contributed by atoms with E-state index < -0.39 is 5.95 Å². The summed E-state index contributed by atoms with van der Waals surface area (Å²) >= 11 is 0. The van der Waals surface area contributed by atoms with E-state index >= 15 is 0 Å². The van der Waals surface area contributed by atoms with Crippen LogP contribution in [0.3, 0.4) is 0 Å². The molecule has 2 aliphatic rings. The molecule has 1 aliphatic carbocycles. The number of pyridine rings is 1. The Morgan fingerprint density at radius 2 is 1.96 bits per heavy atom. The van der Waals surface area contributed by atoms with Gasteiger partial charge in [0.15, 0.2) is 0 Å². The summed E-state index contributed by atoms with van der Waals surface area (Å²) in [6.07, 6.45) is 10.8. The van der Waals surface area contributed by atoms with Crippen LogP contribution in [0.25, 0.3) is 17.3 Å². The molecular weight excluding hydrogens is 319 g/mol. The van der Waals surface area contributed by atoms with Crippen LogP contribution < -0.4 is 0 Å². The maximum Gasteiger partial charge on any atom is 0.229 e. The first-order chi connectivity index (χ1) is 12.2. The lowest BCUT2D eigenvalue weighted by atomic mass is 9.93. The zero-order valence-corrected chi connectivity index (χ0v) is 13.9. The van der Waals surface area contributed by atoms with Crippen LogP contribution >= 0.6 is 0 Å². The Labute approximate surface area is 145 Å². The molecule has 5 nitrogen and oxygen atoms in total. The molecule has 6 heteroatoms. The van der Waals surface area contributed by atoms with E-state index in [9.17, 15) is 9.18 Å². The van der Waals surface area contributed by atoms with E-state index in [0.29, 0.717) is 17.7 Å². The van der Waals surface area contributed by atoms with Gasteiger partial charge >= 0.3 is 0 Å². The molecule has 1 atom stereocenters. The molecule has 0 bridgehead atoms. The average molecular weight is 338 g/mol. The van der Waals surface area contributed by atoms with Gasteiger partial charge in [-0.25, -0.2) is 9.97 Å². The van der Waals surface area contributed by atoms with Crippen molar-refractivity contribution in [1.82, 2.24) is 19.9 Å². The predicted molar refractivity (Wildman–Crippen MR) is 91.9 cm³/mol. The van der Waals surface area contributed by atoms with Crippen molar-refractivity contribution in [2.45, 2.75) is 25.7 Å². The standard InChI is InChI=1S/C19H19FN4O/c20-18-7-5-14(11-22-18)17-12-21-15-6-4-13(10-16(15)23-17)19(25)24-8-2-1-3-9-24/h4-7,11-13H,1-3,8-10H2. The number of hydrogen-bond donors (Lipinski definition) is 0. The SMILES string of the molecule is O=C(C1C=Cc2ncc(-c3ccc(F)nc3)nc2C1)N1CCCCC1. The third-order valence-electron chi connectivity index (χ3n) is 4.78. The third kappa shape index (κ3) is 3.29. The lowest BCUT2D eigenvalue weighted by molar-refractivity contribution is -0.134. The lowest BCUT2D eigenvalue weighted by Crippen LogP contribution is -2.40. The van der Waals surface area contributed by atoms with E-state index in [-0.39, 0.29) is 11.8 Å². The Hall–Kier alpha value is -2.63. The number of amides is 1. The minimum absolute atomic E-state index is 0.178. The Morgan fingerprint density at radius 3 is 2.72 bits per heavy atom. The molecule has 4 rings (SSSR count). The Bertz CT molecular complexity index is 813. The minimum Gasteiger partial charge on any atom is -0.342 e. The van der Waals surface area contributed by atoms with Crippen LogP contribution in [-0.2, 0) is 11.2 Å². The fourth-order valence-electron chi connectivity index (χ4n) is 3.39. The summed E-state index contributed by atoms with van der Waals surface area (Å²) in [6, 6.07) is 2.94. The number of aromatic nitrogens is 3. The van der Waals surface area contributed by atoms with Gasteiger partial charge in [-0.05, 0) is 37.5 Å². The highest BCUT2D eigenvalue weighted by Gasteiger charge is 2.27. The average Bonchev–Trinajstić information content (AvgIpc) is 2.68. The number of nitrogens with zero attached hydrogens (tertiary/aromatic N) is 4. The predicted octanol–water partition coefficient (Wildman–Crippen LogP) is 2.88. The second-order valence-electron chi connectivity index (χ2n) is 6.51. The Kier molecular flexibility index (Phi) is 4.26. The van der Waals surface area contributed by atoms with Gasteiger partial charge in [-0.3, -0.25) is 9.78 Å². The maximum atomic E-state index is 13.0. The summed E-state index contributed by atoms with van der Waals surface area (Å²) < 4.78 is 13.0. The first kappa shape index (κ1) is 15.9. The number of hydrogen-bond acceptors (Lipinski definition) is 4. The van der Waals surface area contributed by atoms with Gasteiger partial charge in [-0.1, -0.05) is 6.08 Å². The highest BCUT2D eigenvalue weighted by atomic mass is 19.1. The normalized spacial score (nSPS) is 19.6. The van der Waals surface area contributed by atoms with Crippen molar-refractivity contribution >= 4 is 12.0 Å². The fraction of sp³-hybridized carbons (Fsp3) is 0.368. The van der Waals surface area contributed by atoms with E-state index in [1.807, 2.05) is 17.1 Å². The molecule has 1 aliphatic heterocycles. The number of rotatable bonds is 2. The van der Waals surface area contributed by atoms with E-state index in [1.54, 1.807) is 12.3 Å². The zero-order chi connectivity index (χ0) is 17.2. The summed E-state index contributed by atoms with van der Waals surface area (Å²) in [6.45, 7) is 1.70. The molecule has 0 radical (unpaired) electrons. The first-order valence-corrected chi connectivity index (χ1v) is 8.65. The molecule has 2 aromatic rings. The van der Waals surface area contributed by atoms with Crippen molar-refractivity contribution in [3.05, 3.63) is 47.9 Å². The van der Waals surface area contributed by atoms with Crippen LogP contribution in [-0.4, -0.2) is 38.8 Å². The molecule has 1 unspecified atom stereocenters. The van der Waals surface area contributed by atoms with E-state index in [2.05, 4.69) is 15.0 Å². The van der Waals surface area contributed by atoms with E-state index in [1.165, 1.54) is 18.7 Å². The lowest BCUT2D eigenvalue weighted by Gasteiger charge is -2.30. The highest BCUT2D eigenvalue weighted by molar-refractivity contribution is 5.83. The van der Waals surface area contributed by atoms with E-state index in [4.69, 9.17) is 0 Å². The topological polar surface area (TPSA) is 59.0 Å². The van der Waals surface area contributed by atoms with Crippen molar-refractivity contribution in [3.63, 3.8) is 0 Å². The number of likely N-dealkylation sites (tertiary alicyclic amines) is 1. The van der Waals surface area contributed by atoms with Gasteiger partial charge in [0.1, 0.15) is 0 Å². The summed E-state index contributed by atoms with van der Waals surface area (Å²) in [5.74, 6) is -0.525. The van der Waals surface area contributed by atoms with Crippen LogP contribution in [0.2, 0.25) is 0 Å². The third-order valence-corrected chi connectivity index (χ3v) is 4.78. The van der Waals surface area contributed by atoms with Crippen molar-refractivity contribution in [2.75, 3.05) is 13.1 Å². The van der Waals surface area contributed by atoms with Crippen molar-refractivity contribution in [2.24, 2.45) is 5.92 Å². The molecule has 128 valence electrons. The molecule has 1 saturated heterocycles. The number of carbonyl (C=O) groups is 1. The molecule has 0 aromatic carbocycles. The summed E-state index contributed by atoms with van der Waals surface area (Å²) in [4.78, 5) is 27.4. The molecular formula is C19H19FN4O. The molecule has 25 heavy (non-hydrogen) atoms. The van der Waals surface area contributed by atoms with Crippen molar-refractivity contribution < 1.29 is 9.18 Å². The largest absolute Gasteiger partial charge is 0.342 e. The molecule has 1 fully saturated rings. The van der Waals surface area contributed by atoms with Gasteiger partial charge in [0, 0.05) is 31.3 Å². The quantitative estimate of drug-likeness (QED) is 0.790. The van der Waals surface area contributed by atoms with Crippen molar-refractivity contribution in [3.8, 4) is 11.3 Å². The second kappa shape index (κ2) is 6.70. The van der Waals surface area contributed by atoms with Gasteiger partial charge in [0.05, 0.1) is 29.2 Å². The second-order valence-corrected chi connectivity index (χ2v) is 6.51. The van der Waals surface area contributed by atoms with Gasteiger partial charge in [-0.15, -0.1) is 0 Å². The molecule has 3 heterocycles. The Morgan fingerprint density at radius 1 is 1.12 bits per heavy atom. The summed E-state index contributed by atoms with van der Waals surface area (Å²) in [7, 11) is 0. The highest BCUT2D eigenvalue weighted by Crippen LogP contribution is 2.25. The molecule has 1 amide bonds. The van der Waals surface area contributed by atoms with Crippen LogP contribution in [0.5, 0.6) is 0 Å². The number of fused-ring (bicyclic) bond motifs is 1. The fourth-order valence-corrected chi connectivity index (χ4v) is 3.39. The number of carbonyl (C=O) groups excluding carboxylic acids is 1. The van der Waals surface area contributed by atoms with Gasteiger partial charge in [-0.2, -0.15) is 4.39 Å². The van der Waals surface area contributed by atoms with Crippen LogP contribution in [0.1, 0.15) is 30.7 Å². The van der Waals surface area contributed by atoms with Crippen LogP contribution in [0, 0.1) is 11.9 Å². The zero-order valence-electron chi connectivity index (χ0n) is 13.9. The Balaban J connectivity index is 1.56. The number of halogens is 1. The van der Waals surface area contributed by atoms with E-state index in [0.717, 1.165) is 37.3 Å². The summed E-state index contributed by atoms with van der Waals surface area (Å²) in [5.41, 5.74) is 2.96. The summed E-state index contributed by atoms with van der Waals surface area (Å²) in [5, 5.41) is 0. The molecule has 2 aromatic heterocycles. The minimum atomic E-state index is -0.523. The van der Waals surface area contributed by atoms with Gasteiger partial charge in [0.2, 0.25) is 11.9 Å². The number of piperidine rings is 1. The van der Waals surface area contributed by atoms with Crippen LogP contribution in [0.4, 0.5) is 4.39 Å². The van der Waals surface area contributed by atoms with Crippen LogP contribution in [0.15, 0.2) is 30.6 Å². The molecule has 0 saturated carbocycles. The first-order valence-electron chi connectivity index (χ1n) is 8.65. The monoisotopic (exact) mass is 338 g/mol. The molecule has 0 N–H and O–H groups in total. The molecule has 0 spiro atoms. The van der Waals surface area contributed by atoms with Crippen molar-refractivity contribution in [1.29, 1.82) is 0 Å².